The van der Waals surface area contributed by atoms with E-state index < -0.39 is 0 Å². The van der Waals surface area contributed by atoms with Crippen molar-refractivity contribution in [3.05, 3.63) is 46.5 Å². The molecular formula is C13H17BrN4. The molecule has 0 amide bonds. The van der Waals surface area contributed by atoms with Gasteiger partial charge in [-0.05, 0) is 31.5 Å². The molecule has 0 atom stereocenters. The van der Waals surface area contributed by atoms with E-state index in [0.29, 0.717) is 6.04 Å². The molecule has 4 nitrogen and oxygen atoms in total. The van der Waals surface area contributed by atoms with E-state index in [1.54, 1.807) is 6.33 Å². The maximum atomic E-state index is 4.26. The number of nitrogens with zero attached hydrogens (tertiary/aromatic N) is 3. The summed E-state index contributed by atoms with van der Waals surface area (Å²) < 4.78 is 3.04. The third kappa shape index (κ3) is 3.40. The highest BCUT2D eigenvalue weighted by Crippen LogP contribution is 2.10. The molecule has 0 saturated carbocycles. The van der Waals surface area contributed by atoms with E-state index in [9.17, 15) is 0 Å². The Bertz CT molecular complexity index is 490. The van der Waals surface area contributed by atoms with Gasteiger partial charge >= 0.3 is 0 Å². The Labute approximate surface area is 116 Å². The van der Waals surface area contributed by atoms with Crippen LogP contribution in [0.2, 0.25) is 0 Å². The Hall–Kier alpha value is -1.20. The quantitative estimate of drug-likeness (QED) is 0.923. The first kappa shape index (κ1) is 13.2. The second-order valence-electron chi connectivity index (χ2n) is 4.44. The molecule has 0 saturated heterocycles. The third-order valence-electron chi connectivity index (χ3n) is 2.66. The summed E-state index contributed by atoms with van der Waals surface area (Å²) in [5.41, 5.74) is 1.26. The van der Waals surface area contributed by atoms with Crippen LogP contribution in [0.25, 0.3) is 0 Å². The zero-order chi connectivity index (χ0) is 13.0. The van der Waals surface area contributed by atoms with Gasteiger partial charge in [0, 0.05) is 17.1 Å². The lowest BCUT2D eigenvalue weighted by molar-refractivity contribution is 0.490. The Morgan fingerprint density at radius 3 is 2.61 bits per heavy atom. The second kappa shape index (κ2) is 6.11. The summed E-state index contributed by atoms with van der Waals surface area (Å²) >= 11 is 3.43. The summed E-state index contributed by atoms with van der Waals surface area (Å²) in [6.07, 6.45) is 1.61. The molecule has 0 aliphatic carbocycles. The van der Waals surface area contributed by atoms with Crippen molar-refractivity contribution in [2.75, 3.05) is 0 Å². The molecule has 0 bridgehead atoms. The van der Waals surface area contributed by atoms with Gasteiger partial charge in [-0.15, -0.1) is 0 Å². The first-order valence-corrected chi connectivity index (χ1v) is 6.79. The number of nitrogens with one attached hydrogen (secondary N) is 1. The molecular weight excluding hydrogens is 292 g/mol. The van der Waals surface area contributed by atoms with Crippen LogP contribution in [0.3, 0.4) is 0 Å². The Morgan fingerprint density at radius 2 is 1.94 bits per heavy atom. The van der Waals surface area contributed by atoms with Gasteiger partial charge in [-0.2, -0.15) is 5.10 Å². The third-order valence-corrected chi connectivity index (χ3v) is 3.19. The van der Waals surface area contributed by atoms with Crippen LogP contribution in [0.4, 0.5) is 0 Å². The summed E-state index contributed by atoms with van der Waals surface area (Å²) in [6, 6.07) is 8.65. The van der Waals surface area contributed by atoms with Crippen molar-refractivity contribution < 1.29 is 0 Å². The summed E-state index contributed by atoms with van der Waals surface area (Å²) in [5, 5.41) is 7.59. The summed E-state index contributed by atoms with van der Waals surface area (Å²) in [5.74, 6) is 0.974. The first-order chi connectivity index (χ1) is 8.66. The van der Waals surface area contributed by atoms with Gasteiger partial charge < -0.3 is 5.32 Å². The number of aromatic nitrogens is 3. The SMILES string of the molecule is CC(C)n1ncnc1CNCc1ccc(Br)cc1. The molecule has 0 aliphatic heterocycles. The predicted molar refractivity (Wildman–Crippen MR) is 75.1 cm³/mol. The number of hydrogen-bond acceptors (Lipinski definition) is 3. The fraction of sp³-hybridized carbons (Fsp3) is 0.385. The molecule has 1 N–H and O–H groups in total. The van der Waals surface area contributed by atoms with E-state index in [1.165, 1.54) is 5.56 Å². The number of hydrogen-bond donors (Lipinski definition) is 1. The highest BCUT2D eigenvalue weighted by atomic mass is 79.9. The van der Waals surface area contributed by atoms with E-state index in [2.05, 4.69) is 57.3 Å². The summed E-state index contributed by atoms with van der Waals surface area (Å²) in [7, 11) is 0. The minimum Gasteiger partial charge on any atom is -0.306 e. The normalized spacial score (nSPS) is 11.1. The molecule has 1 aromatic carbocycles. The van der Waals surface area contributed by atoms with Crippen LogP contribution < -0.4 is 5.32 Å². The van der Waals surface area contributed by atoms with Gasteiger partial charge in [-0.3, -0.25) is 0 Å². The average Bonchev–Trinajstić information content (AvgIpc) is 2.80. The molecule has 18 heavy (non-hydrogen) atoms. The van der Waals surface area contributed by atoms with Gasteiger partial charge in [-0.25, -0.2) is 9.67 Å². The minimum absolute atomic E-state index is 0.344. The van der Waals surface area contributed by atoms with E-state index in [-0.39, 0.29) is 0 Å². The van der Waals surface area contributed by atoms with Crippen molar-refractivity contribution in [1.82, 2.24) is 20.1 Å². The van der Waals surface area contributed by atoms with Crippen LogP contribution in [-0.2, 0) is 13.1 Å². The number of halogens is 1. The highest BCUT2D eigenvalue weighted by molar-refractivity contribution is 9.10. The lowest BCUT2D eigenvalue weighted by Gasteiger charge is -2.10. The largest absolute Gasteiger partial charge is 0.306 e. The zero-order valence-corrected chi connectivity index (χ0v) is 12.2. The smallest absolute Gasteiger partial charge is 0.141 e. The molecule has 0 radical (unpaired) electrons. The van der Waals surface area contributed by atoms with Gasteiger partial charge in [-0.1, -0.05) is 28.1 Å². The van der Waals surface area contributed by atoms with E-state index in [4.69, 9.17) is 0 Å². The molecule has 0 spiro atoms. The minimum atomic E-state index is 0.344. The van der Waals surface area contributed by atoms with Crippen LogP contribution >= 0.6 is 15.9 Å². The monoisotopic (exact) mass is 308 g/mol. The molecule has 0 aliphatic rings. The van der Waals surface area contributed by atoms with E-state index in [0.717, 1.165) is 23.4 Å². The Kier molecular flexibility index (Phi) is 4.49. The molecule has 1 aromatic heterocycles. The Morgan fingerprint density at radius 1 is 1.22 bits per heavy atom. The molecule has 0 unspecified atom stereocenters. The van der Waals surface area contributed by atoms with Crippen LogP contribution in [0, 0.1) is 0 Å². The van der Waals surface area contributed by atoms with Gasteiger partial charge in [0.25, 0.3) is 0 Å². The Balaban J connectivity index is 1.88. The van der Waals surface area contributed by atoms with Crippen molar-refractivity contribution in [1.29, 1.82) is 0 Å². The maximum Gasteiger partial charge on any atom is 0.141 e. The topological polar surface area (TPSA) is 42.7 Å². The van der Waals surface area contributed by atoms with E-state index >= 15 is 0 Å². The van der Waals surface area contributed by atoms with E-state index in [1.807, 2.05) is 16.8 Å². The van der Waals surface area contributed by atoms with Gasteiger partial charge in [0.05, 0.1) is 6.54 Å². The van der Waals surface area contributed by atoms with Crippen LogP contribution in [0.15, 0.2) is 35.1 Å². The lowest BCUT2D eigenvalue weighted by atomic mass is 10.2. The van der Waals surface area contributed by atoms with Crippen molar-refractivity contribution in [3.63, 3.8) is 0 Å². The van der Waals surface area contributed by atoms with Gasteiger partial charge in [0.15, 0.2) is 0 Å². The number of rotatable bonds is 5. The van der Waals surface area contributed by atoms with Crippen molar-refractivity contribution in [3.8, 4) is 0 Å². The van der Waals surface area contributed by atoms with Crippen molar-refractivity contribution in [2.45, 2.75) is 33.0 Å². The summed E-state index contributed by atoms with van der Waals surface area (Å²) in [6.45, 7) is 5.77. The van der Waals surface area contributed by atoms with Crippen molar-refractivity contribution >= 4 is 15.9 Å². The van der Waals surface area contributed by atoms with Crippen LogP contribution in [0.1, 0.15) is 31.3 Å². The maximum absolute atomic E-state index is 4.26. The van der Waals surface area contributed by atoms with Gasteiger partial charge in [0.2, 0.25) is 0 Å². The summed E-state index contributed by atoms with van der Waals surface area (Å²) in [4.78, 5) is 4.26. The van der Waals surface area contributed by atoms with Crippen molar-refractivity contribution in [2.24, 2.45) is 0 Å². The highest BCUT2D eigenvalue weighted by Gasteiger charge is 2.06. The first-order valence-electron chi connectivity index (χ1n) is 6.00. The molecule has 0 fully saturated rings. The fourth-order valence-corrected chi connectivity index (χ4v) is 2.02. The fourth-order valence-electron chi connectivity index (χ4n) is 1.75. The zero-order valence-electron chi connectivity index (χ0n) is 10.6. The van der Waals surface area contributed by atoms with Gasteiger partial charge in [0.1, 0.15) is 12.2 Å². The average molecular weight is 309 g/mol. The standard InChI is InChI=1S/C13H17BrN4/c1-10(2)18-13(16-9-17-18)8-15-7-11-3-5-12(14)6-4-11/h3-6,9-10,15H,7-8H2,1-2H3. The van der Waals surface area contributed by atoms with Crippen LogP contribution in [-0.4, -0.2) is 14.8 Å². The predicted octanol–water partition coefficient (Wildman–Crippen LogP) is 2.91. The number of benzene rings is 1. The lowest BCUT2D eigenvalue weighted by Crippen LogP contribution is -2.18. The molecule has 2 rings (SSSR count). The molecule has 2 aromatic rings. The molecule has 5 heteroatoms. The van der Waals surface area contributed by atoms with Crippen LogP contribution in [0.5, 0.6) is 0 Å². The molecule has 96 valence electrons. The second-order valence-corrected chi connectivity index (χ2v) is 5.36. The molecule has 1 heterocycles.